The molecule has 0 amide bonds. The normalized spacial score (nSPS) is 17.2. The lowest BCUT2D eigenvalue weighted by Gasteiger charge is -2.26. The zero-order valence-electron chi connectivity index (χ0n) is 43.7. The second-order valence-electron chi connectivity index (χ2n) is 23.5. The zero-order chi connectivity index (χ0) is 50.1. The number of halogens is 4. The smallest absolute Gasteiger partial charge is 0.165 e. The summed E-state index contributed by atoms with van der Waals surface area (Å²) in [5, 5.41) is 0. The predicted octanol–water partition coefficient (Wildman–Crippen LogP) is 14.5. The van der Waals surface area contributed by atoms with Gasteiger partial charge >= 0.3 is 0 Å². The lowest BCUT2D eigenvalue weighted by atomic mass is 9.87. The monoisotopic (exact) mass is 947 g/mol. The average Bonchev–Trinajstić information content (AvgIpc) is 4.17. The number of ether oxygens (including phenoxy) is 4. The third-order valence-electron chi connectivity index (χ3n) is 12.9. The summed E-state index contributed by atoms with van der Waals surface area (Å²) < 4.78 is 76.6. The first-order valence-corrected chi connectivity index (χ1v) is 24.9. The van der Waals surface area contributed by atoms with Crippen molar-refractivity contribution in [1.82, 2.24) is 4.90 Å². The first-order valence-electron chi connectivity index (χ1n) is 24.9. The minimum Gasteiger partial charge on any atom is -0.490 e. The summed E-state index contributed by atoms with van der Waals surface area (Å²) in [6.45, 7) is 35.0. The molecule has 376 valence electrons. The minimum absolute atomic E-state index is 0.00395. The van der Waals surface area contributed by atoms with Crippen LogP contribution < -0.4 is 19.1 Å². The first-order chi connectivity index (χ1) is 31.7. The van der Waals surface area contributed by atoms with E-state index >= 15 is 0 Å². The molecule has 4 aromatic rings. The van der Waals surface area contributed by atoms with Crippen LogP contribution in [0.1, 0.15) is 151 Å². The van der Waals surface area contributed by atoms with E-state index in [1.807, 2.05) is 48.5 Å². The van der Waals surface area contributed by atoms with Crippen LogP contribution in [0.25, 0.3) is 0 Å². The zero-order valence-corrected chi connectivity index (χ0v) is 43.7. The summed E-state index contributed by atoms with van der Waals surface area (Å²) in [5.41, 5.74) is 5.71. The summed E-state index contributed by atoms with van der Waals surface area (Å²) in [6.07, 6.45) is 7.09. The van der Waals surface area contributed by atoms with E-state index in [1.165, 1.54) is 49.4 Å². The summed E-state index contributed by atoms with van der Waals surface area (Å²) in [7, 11) is 0. The van der Waals surface area contributed by atoms with Crippen molar-refractivity contribution in [3.8, 4) is 17.2 Å². The van der Waals surface area contributed by atoms with Gasteiger partial charge in [0.15, 0.2) is 34.7 Å². The molecular weight excluding hydrogens is 865 g/mol. The molecule has 4 aliphatic rings. The Hall–Kier alpha value is -4.28. The molecule has 4 fully saturated rings. The van der Waals surface area contributed by atoms with Crippen molar-refractivity contribution < 1.29 is 36.5 Å². The molecule has 0 bridgehead atoms. The van der Waals surface area contributed by atoms with Gasteiger partial charge in [-0.3, -0.25) is 4.90 Å². The second-order valence-corrected chi connectivity index (χ2v) is 23.5. The van der Waals surface area contributed by atoms with E-state index in [0.29, 0.717) is 30.5 Å². The van der Waals surface area contributed by atoms with Crippen molar-refractivity contribution in [3.05, 3.63) is 118 Å². The van der Waals surface area contributed by atoms with E-state index in [9.17, 15) is 17.6 Å². The van der Waals surface area contributed by atoms with Gasteiger partial charge in [-0.25, -0.2) is 17.6 Å². The molecule has 0 N–H and O–H groups in total. The molecule has 0 atom stereocenters. The molecular formula is C58H82F4N2O4. The molecule has 2 aliphatic heterocycles. The topological polar surface area (TPSA) is 43.4 Å². The molecule has 6 nitrogen and oxygen atoms in total. The molecule has 2 saturated heterocycles. The Morgan fingerprint density at radius 1 is 0.544 bits per heavy atom. The maximum atomic E-state index is 13.8. The Morgan fingerprint density at radius 2 is 0.956 bits per heavy atom. The van der Waals surface area contributed by atoms with Gasteiger partial charge in [0.2, 0.25) is 0 Å². The van der Waals surface area contributed by atoms with E-state index < -0.39 is 0 Å². The highest BCUT2D eigenvalue weighted by molar-refractivity contribution is 5.52. The van der Waals surface area contributed by atoms with Crippen LogP contribution in [0.15, 0.2) is 72.8 Å². The number of nitrogens with zero attached hydrogens (tertiary/aromatic N) is 2. The third-order valence-corrected chi connectivity index (χ3v) is 12.9. The van der Waals surface area contributed by atoms with Gasteiger partial charge in [0.05, 0.1) is 31.6 Å². The van der Waals surface area contributed by atoms with Gasteiger partial charge in [-0.2, -0.15) is 0 Å². The Balaban J connectivity index is 0.000000170. The number of hydrogen-bond donors (Lipinski definition) is 0. The molecule has 8 rings (SSSR count). The number of benzene rings is 4. The van der Waals surface area contributed by atoms with Crippen molar-refractivity contribution in [2.75, 3.05) is 64.1 Å². The molecule has 2 saturated carbocycles. The molecule has 0 unspecified atom stereocenters. The maximum absolute atomic E-state index is 13.8. The molecule has 0 aromatic heterocycles. The van der Waals surface area contributed by atoms with Gasteiger partial charge in [-0.15, -0.1) is 0 Å². The molecule has 2 aliphatic carbocycles. The summed E-state index contributed by atoms with van der Waals surface area (Å²) in [5.74, 6) is 0.258. The maximum Gasteiger partial charge on any atom is 0.165 e. The fourth-order valence-electron chi connectivity index (χ4n) is 7.49. The van der Waals surface area contributed by atoms with Crippen molar-refractivity contribution in [1.29, 1.82) is 0 Å². The van der Waals surface area contributed by atoms with Crippen LogP contribution in [0.3, 0.4) is 0 Å². The highest BCUT2D eigenvalue weighted by Gasteiger charge is 2.38. The van der Waals surface area contributed by atoms with Gasteiger partial charge in [0.1, 0.15) is 12.4 Å². The summed E-state index contributed by atoms with van der Waals surface area (Å²) >= 11 is 0. The Morgan fingerprint density at radius 3 is 1.40 bits per heavy atom. The van der Waals surface area contributed by atoms with Crippen LogP contribution in [0.2, 0.25) is 0 Å². The van der Waals surface area contributed by atoms with Crippen LogP contribution in [0, 0.1) is 28.7 Å². The predicted molar refractivity (Wildman–Crippen MR) is 271 cm³/mol. The highest BCUT2D eigenvalue weighted by atomic mass is 19.1. The summed E-state index contributed by atoms with van der Waals surface area (Å²) in [4.78, 5) is 4.43. The van der Waals surface area contributed by atoms with Crippen molar-refractivity contribution in [2.45, 2.75) is 156 Å². The van der Waals surface area contributed by atoms with Crippen LogP contribution in [-0.4, -0.2) is 70.2 Å². The van der Waals surface area contributed by atoms with E-state index in [1.54, 1.807) is 6.07 Å². The number of hydrogen-bond acceptors (Lipinski definition) is 6. The molecule has 68 heavy (non-hydrogen) atoms. The Labute approximate surface area is 407 Å². The molecule has 10 heteroatoms. The lowest BCUT2D eigenvalue weighted by molar-refractivity contribution is 0.0320. The van der Waals surface area contributed by atoms with E-state index in [-0.39, 0.29) is 56.4 Å². The Bertz CT molecular complexity index is 2220. The van der Waals surface area contributed by atoms with Crippen molar-refractivity contribution in [3.63, 3.8) is 0 Å². The fraction of sp³-hybridized carbons (Fsp3) is 0.586. The van der Waals surface area contributed by atoms with Crippen molar-refractivity contribution >= 4 is 5.69 Å². The van der Waals surface area contributed by atoms with Gasteiger partial charge in [0, 0.05) is 38.1 Å². The number of anilines is 1. The average molecular weight is 947 g/mol. The number of morpholine rings is 1. The van der Waals surface area contributed by atoms with E-state index in [4.69, 9.17) is 18.9 Å². The van der Waals surface area contributed by atoms with Gasteiger partial charge in [-0.1, -0.05) is 114 Å². The minimum atomic E-state index is -0.292. The van der Waals surface area contributed by atoms with Crippen molar-refractivity contribution in [2.24, 2.45) is 5.41 Å². The number of rotatable bonds is 10. The summed E-state index contributed by atoms with van der Waals surface area (Å²) in [6, 6.07) is 21.0. The fourth-order valence-corrected chi connectivity index (χ4v) is 7.49. The molecule has 0 spiro atoms. The highest BCUT2D eigenvalue weighted by Crippen LogP contribution is 2.45. The Kier molecular flexibility index (Phi) is 18.6. The van der Waals surface area contributed by atoms with Gasteiger partial charge in [0.25, 0.3) is 0 Å². The van der Waals surface area contributed by atoms with Crippen LogP contribution in [0.5, 0.6) is 17.2 Å². The van der Waals surface area contributed by atoms with Crippen LogP contribution >= 0.6 is 0 Å². The first kappa shape index (κ1) is 54.7. The molecule has 2 heterocycles. The molecule has 4 aromatic carbocycles. The van der Waals surface area contributed by atoms with Gasteiger partial charge < -0.3 is 23.8 Å². The van der Waals surface area contributed by atoms with E-state index in [0.717, 1.165) is 81.2 Å². The van der Waals surface area contributed by atoms with Gasteiger partial charge in [-0.05, 0) is 131 Å². The second kappa shape index (κ2) is 23.1. The molecule has 0 radical (unpaired) electrons. The lowest BCUT2D eigenvalue weighted by Crippen LogP contribution is -2.38. The van der Waals surface area contributed by atoms with E-state index in [2.05, 4.69) is 99.8 Å². The largest absolute Gasteiger partial charge is 0.490 e. The quantitative estimate of drug-likeness (QED) is 0.148. The van der Waals surface area contributed by atoms with Crippen LogP contribution in [0.4, 0.5) is 23.2 Å². The standard InChI is InChI=1S/C16H24FNO2.C15H21FO.C14H20FN.C13H17FO/c1-16(2,3)13-4-5-14(17)15(12-13)20-11-8-18-6-9-19-10-7-18;1-14(2,3)11-5-6-12(16)13(9-11)17-10-15(4)7-8-15;1-14(2,3)11-6-7-12(15)13(10-11)16-8-4-5-9-16;1-13(2,3)9-4-7-11(14)12(8-9)15-10-5-6-10/h4-5,12H,6-11H2,1-3H3;5-6,9H,7-8,10H2,1-4H3;6-7,10H,4-5,8-9H2,1-3H3;4,7-8,10H,5-6H2,1-3H3. The van der Waals surface area contributed by atoms with Crippen LogP contribution in [-0.2, 0) is 26.4 Å². The SMILES string of the molecule is CC(C)(C)c1ccc(F)c(N2CCCC2)c1.CC(C)(C)c1ccc(F)c(OC2CC2)c1.CC(C)(C)c1ccc(F)c(OCCN2CCOCC2)c1.CC1(COc2cc(C(C)(C)C)ccc2F)CC1. The third kappa shape index (κ3) is 17.3.